The molecule has 2 saturated heterocycles. The second-order valence-corrected chi connectivity index (χ2v) is 5.38. The van der Waals surface area contributed by atoms with Crippen LogP contribution in [0.5, 0.6) is 11.5 Å². The van der Waals surface area contributed by atoms with E-state index >= 15 is 0 Å². The first kappa shape index (κ1) is 15.5. The zero-order valence-corrected chi connectivity index (χ0v) is 11.6. The molecule has 3 rings (SSSR count). The second-order valence-electron chi connectivity index (χ2n) is 5.38. The molecule has 0 saturated carbocycles. The van der Waals surface area contributed by atoms with Crippen LogP contribution in [0.3, 0.4) is 0 Å². The third-order valence-electron chi connectivity index (χ3n) is 3.93. The van der Waals surface area contributed by atoms with Crippen LogP contribution >= 0.6 is 0 Å². The number of aromatic hydroxyl groups is 2. The Morgan fingerprint density at radius 3 is 2.50 bits per heavy atom. The fourth-order valence-corrected chi connectivity index (χ4v) is 2.66. The van der Waals surface area contributed by atoms with E-state index in [2.05, 4.69) is 0 Å². The highest BCUT2D eigenvalue weighted by Gasteiger charge is 2.48. The van der Waals surface area contributed by atoms with Crippen molar-refractivity contribution in [1.29, 1.82) is 0 Å². The number of aliphatic hydroxyl groups excluding tert-OH is 3. The molecule has 2 aliphatic rings. The number of benzene rings is 1. The minimum Gasteiger partial charge on any atom is -0.504 e. The van der Waals surface area contributed by atoms with Gasteiger partial charge in [0.1, 0.15) is 30.5 Å². The molecule has 0 bridgehead atoms. The van der Waals surface area contributed by atoms with Crippen molar-refractivity contribution in [2.45, 2.75) is 36.8 Å². The topological polar surface area (TPSA) is 129 Å². The maximum Gasteiger partial charge on any atom is 0.187 e. The monoisotopic (exact) mass is 314 g/mol. The van der Waals surface area contributed by atoms with Crippen molar-refractivity contribution in [2.75, 3.05) is 13.2 Å². The van der Waals surface area contributed by atoms with Crippen molar-refractivity contribution in [3.8, 4) is 11.5 Å². The number of hydrogen-bond donors (Lipinski definition) is 5. The summed E-state index contributed by atoms with van der Waals surface area (Å²) in [5.74, 6) is -0.537. The summed E-state index contributed by atoms with van der Waals surface area (Å²) in [7, 11) is 0. The van der Waals surface area contributed by atoms with Gasteiger partial charge in [0.05, 0.1) is 13.2 Å². The number of aliphatic hydroxyl groups is 3. The van der Waals surface area contributed by atoms with E-state index in [0.29, 0.717) is 5.56 Å². The minimum atomic E-state index is -1.29. The average molecular weight is 314 g/mol. The van der Waals surface area contributed by atoms with Crippen molar-refractivity contribution >= 4 is 0 Å². The highest BCUT2D eigenvalue weighted by atomic mass is 16.7. The van der Waals surface area contributed by atoms with Crippen LogP contribution in [0.2, 0.25) is 0 Å². The van der Waals surface area contributed by atoms with Gasteiger partial charge < -0.3 is 39.7 Å². The van der Waals surface area contributed by atoms with Crippen LogP contribution in [0.4, 0.5) is 0 Å². The molecule has 1 aromatic carbocycles. The lowest BCUT2D eigenvalue weighted by Crippen LogP contribution is -2.62. The van der Waals surface area contributed by atoms with Crippen molar-refractivity contribution in [3.63, 3.8) is 0 Å². The van der Waals surface area contributed by atoms with Crippen molar-refractivity contribution in [1.82, 2.24) is 0 Å². The van der Waals surface area contributed by atoms with Gasteiger partial charge in [-0.15, -0.1) is 0 Å². The first-order valence-corrected chi connectivity index (χ1v) is 6.92. The van der Waals surface area contributed by atoms with Gasteiger partial charge in [-0.25, -0.2) is 0 Å². The van der Waals surface area contributed by atoms with Crippen LogP contribution < -0.4 is 0 Å². The molecule has 0 aliphatic carbocycles. The van der Waals surface area contributed by atoms with Crippen molar-refractivity contribution in [2.24, 2.45) is 0 Å². The number of hydrogen-bond acceptors (Lipinski definition) is 8. The van der Waals surface area contributed by atoms with E-state index in [1.165, 1.54) is 12.1 Å². The van der Waals surface area contributed by atoms with Gasteiger partial charge in [-0.1, -0.05) is 6.07 Å². The summed E-state index contributed by atoms with van der Waals surface area (Å²) in [6.45, 7) is -0.341. The summed E-state index contributed by atoms with van der Waals surface area (Å²) < 4.78 is 16.6. The molecule has 8 nitrogen and oxygen atoms in total. The van der Waals surface area contributed by atoms with Gasteiger partial charge in [0.2, 0.25) is 0 Å². The average Bonchev–Trinajstić information content (AvgIpc) is 2.53. The predicted molar refractivity (Wildman–Crippen MR) is 71.1 cm³/mol. The molecule has 22 heavy (non-hydrogen) atoms. The Hall–Kier alpha value is -1.42. The molecule has 0 amide bonds. The summed E-state index contributed by atoms with van der Waals surface area (Å²) in [4.78, 5) is 0. The number of rotatable bonds is 2. The summed E-state index contributed by atoms with van der Waals surface area (Å²) >= 11 is 0. The quantitative estimate of drug-likeness (QED) is 0.439. The first-order chi connectivity index (χ1) is 10.5. The van der Waals surface area contributed by atoms with E-state index in [0.717, 1.165) is 0 Å². The summed E-state index contributed by atoms with van der Waals surface area (Å²) in [5.41, 5.74) is 0.555. The molecule has 6 unspecified atom stereocenters. The van der Waals surface area contributed by atoms with E-state index in [1.807, 2.05) is 0 Å². The normalized spacial score (nSPS) is 38.5. The Labute approximate surface area is 126 Å². The molecular formula is C14H18O8. The first-order valence-electron chi connectivity index (χ1n) is 6.92. The maximum atomic E-state index is 10.1. The standard InChI is InChI=1S/C14H18O8/c15-4-9-11(18)12(19)13-14(22-9)20-5-10(21-13)6-1-2-7(16)8(17)3-6/h1-3,9-19H,4-5H2. The third-order valence-corrected chi connectivity index (χ3v) is 3.93. The highest BCUT2D eigenvalue weighted by Crippen LogP contribution is 2.36. The van der Waals surface area contributed by atoms with E-state index in [4.69, 9.17) is 19.3 Å². The van der Waals surface area contributed by atoms with Gasteiger partial charge in [-0.05, 0) is 17.7 Å². The van der Waals surface area contributed by atoms with Crippen molar-refractivity contribution < 1.29 is 39.7 Å². The van der Waals surface area contributed by atoms with Crippen LogP contribution in [-0.4, -0.2) is 69.5 Å². The number of fused-ring (bicyclic) bond motifs is 1. The Balaban J connectivity index is 1.76. The molecular weight excluding hydrogens is 296 g/mol. The lowest BCUT2D eigenvalue weighted by Gasteiger charge is -2.46. The Morgan fingerprint density at radius 1 is 1.05 bits per heavy atom. The molecule has 0 spiro atoms. The smallest absolute Gasteiger partial charge is 0.187 e. The number of ether oxygens (including phenoxy) is 3. The molecule has 122 valence electrons. The Kier molecular flexibility index (Phi) is 4.22. The van der Waals surface area contributed by atoms with Crippen molar-refractivity contribution in [3.05, 3.63) is 23.8 Å². The number of phenols is 2. The van der Waals surface area contributed by atoms with Gasteiger partial charge in [-0.2, -0.15) is 0 Å². The zero-order chi connectivity index (χ0) is 15.9. The summed E-state index contributed by atoms with van der Waals surface area (Å²) in [6.07, 6.45) is -5.91. The lowest BCUT2D eigenvalue weighted by atomic mass is 9.97. The zero-order valence-electron chi connectivity index (χ0n) is 11.6. The maximum absolute atomic E-state index is 10.1. The summed E-state index contributed by atoms with van der Waals surface area (Å²) in [6, 6.07) is 4.23. The Morgan fingerprint density at radius 2 is 1.82 bits per heavy atom. The third kappa shape index (κ3) is 2.65. The molecule has 1 aromatic rings. The highest BCUT2D eigenvalue weighted by molar-refractivity contribution is 5.41. The predicted octanol–water partition coefficient (Wildman–Crippen LogP) is -1.01. The molecule has 2 aliphatic heterocycles. The van der Waals surface area contributed by atoms with Gasteiger partial charge in [0.15, 0.2) is 17.8 Å². The van der Waals surface area contributed by atoms with E-state index in [9.17, 15) is 20.4 Å². The fourth-order valence-electron chi connectivity index (χ4n) is 2.66. The molecule has 0 radical (unpaired) electrons. The van der Waals surface area contributed by atoms with E-state index in [1.54, 1.807) is 6.07 Å². The van der Waals surface area contributed by atoms with Crippen LogP contribution in [0.15, 0.2) is 18.2 Å². The molecule has 5 N–H and O–H groups in total. The van der Waals surface area contributed by atoms with E-state index in [-0.39, 0.29) is 18.1 Å². The minimum absolute atomic E-state index is 0.104. The van der Waals surface area contributed by atoms with Gasteiger partial charge in [-0.3, -0.25) is 0 Å². The largest absolute Gasteiger partial charge is 0.504 e. The van der Waals surface area contributed by atoms with Gasteiger partial charge in [0.25, 0.3) is 0 Å². The van der Waals surface area contributed by atoms with Crippen LogP contribution in [0.25, 0.3) is 0 Å². The number of phenolic OH excluding ortho intramolecular Hbond substituents is 2. The lowest BCUT2D eigenvalue weighted by molar-refractivity contribution is -0.350. The summed E-state index contributed by atoms with van der Waals surface area (Å²) in [5, 5.41) is 47.9. The molecule has 2 fully saturated rings. The van der Waals surface area contributed by atoms with Crippen LogP contribution in [0.1, 0.15) is 11.7 Å². The van der Waals surface area contributed by atoms with Crippen LogP contribution in [0, 0.1) is 0 Å². The van der Waals surface area contributed by atoms with Gasteiger partial charge in [0, 0.05) is 0 Å². The molecule has 2 heterocycles. The fraction of sp³-hybridized carbons (Fsp3) is 0.571. The van der Waals surface area contributed by atoms with E-state index < -0.39 is 43.4 Å². The SMILES string of the molecule is OCC1OC2OCC(c3ccc(O)c(O)c3)OC2C(O)C1O. The Bertz CT molecular complexity index is 534. The second kappa shape index (κ2) is 5.99. The molecule has 0 aromatic heterocycles. The van der Waals surface area contributed by atoms with Crippen LogP contribution in [-0.2, 0) is 14.2 Å². The molecule has 8 heteroatoms. The molecule has 6 atom stereocenters. The van der Waals surface area contributed by atoms with Gasteiger partial charge >= 0.3 is 0 Å².